The number of aromatic nitrogens is 1. The van der Waals surface area contributed by atoms with E-state index in [1.165, 1.54) is 11.0 Å². The predicted molar refractivity (Wildman–Crippen MR) is 105 cm³/mol. The third kappa shape index (κ3) is 4.44. The minimum Gasteiger partial charge on any atom is -0.465 e. The zero-order chi connectivity index (χ0) is 22.3. The molecule has 2 aromatic rings. The summed E-state index contributed by atoms with van der Waals surface area (Å²) in [6.45, 7) is 5.99. The molecule has 0 saturated heterocycles. The van der Waals surface area contributed by atoms with Gasteiger partial charge in [-0.25, -0.2) is 4.79 Å². The Balaban J connectivity index is 1.89. The van der Waals surface area contributed by atoms with Crippen LogP contribution in [0.5, 0.6) is 0 Å². The van der Waals surface area contributed by atoms with Crippen LogP contribution in [0, 0.1) is 0 Å². The summed E-state index contributed by atoms with van der Waals surface area (Å²) in [6, 6.07) is 6.31. The maximum absolute atomic E-state index is 13.1. The van der Waals surface area contributed by atoms with E-state index in [4.69, 9.17) is 0 Å². The molecule has 0 spiro atoms. The molecule has 0 bridgehead atoms. The van der Waals surface area contributed by atoms with Crippen LogP contribution in [0.3, 0.4) is 0 Å². The van der Waals surface area contributed by atoms with Crippen LogP contribution in [0.4, 0.5) is 18.0 Å². The Morgan fingerprint density at radius 2 is 1.93 bits per heavy atom. The van der Waals surface area contributed by atoms with Gasteiger partial charge in [0.25, 0.3) is 5.91 Å². The number of carboxylic acid groups (broad SMARTS) is 1. The summed E-state index contributed by atoms with van der Waals surface area (Å²) in [4.78, 5) is 25.2. The molecule has 2 N–H and O–H groups in total. The molecule has 1 aromatic heterocycles. The molecule has 30 heavy (non-hydrogen) atoms. The zero-order valence-corrected chi connectivity index (χ0v) is 17.0. The van der Waals surface area contributed by atoms with Crippen LogP contribution in [0.1, 0.15) is 49.3 Å². The summed E-state index contributed by atoms with van der Waals surface area (Å²) in [5.74, 6) is -0.310. The van der Waals surface area contributed by atoms with E-state index in [0.29, 0.717) is 29.8 Å². The maximum Gasteiger partial charge on any atom is 0.416 e. The van der Waals surface area contributed by atoms with Crippen molar-refractivity contribution in [2.45, 2.75) is 44.9 Å². The minimum atomic E-state index is -4.46. The normalized spacial score (nSPS) is 16.7. The van der Waals surface area contributed by atoms with Crippen molar-refractivity contribution >= 4 is 12.0 Å². The smallest absolute Gasteiger partial charge is 0.416 e. The molecular formula is C21H24F3N3O3. The molecule has 6 nitrogen and oxygen atoms in total. The first-order valence-electron chi connectivity index (χ1n) is 9.56. The summed E-state index contributed by atoms with van der Waals surface area (Å²) in [6.07, 6.45) is -3.37. The van der Waals surface area contributed by atoms with Crippen LogP contribution in [0.2, 0.25) is 0 Å². The van der Waals surface area contributed by atoms with E-state index in [1.807, 2.05) is 0 Å². The Bertz CT molecular complexity index is 960. The average molecular weight is 423 g/mol. The van der Waals surface area contributed by atoms with Crippen LogP contribution in [-0.2, 0) is 6.18 Å². The molecule has 0 fully saturated rings. The van der Waals surface area contributed by atoms with E-state index in [9.17, 15) is 27.9 Å². The first kappa shape index (κ1) is 21.7. The fraction of sp³-hybridized carbons (Fsp3) is 0.429. The van der Waals surface area contributed by atoms with Crippen molar-refractivity contribution in [3.8, 4) is 11.1 Å². The standard InChI is InChI=1S/C21H24F3N3O3/c1-20(2,3)27(19(29)30)8-7-16-11-25-18(28)17-10-14(12-26(16)17)13-5-4-6-15(9-13)21(22,23)24/h4-6,9-10,12,16H,7-8,11H2,1-3H3,(H,25,28)(H,29,30). The number of halogens is 3. The molecule has 2 amide bonds. The van der Waals surface area contributed by atoms with Gasteiger partial charge >= 0.3 is 12.3 Å². The van der Waals surface area contributed by atoms with Crippen molar-refractivity contribution < 1.29 is 27.9 Å². The lowest BCUT2D eigenvalue weighted by atomic mass is 10.0. The lowest BCUT2D eigenvalue weighted by Gasteiger charge is -2.35. The number of rotatable bonds is 4. The predicted octanol–water partition coefficient (Wildman–Crippen LogP) is 4.63. The molecule has 2 heterocycles. The number of alkyl halides is 3. The molecule has 0 saturated carbocycles. The van der Waals surface area contributed by atoms with Crippen LogP contribution >= 0.6 is 0 Å². The van der Waals surface area contributed by atoms with Crippen LogP contribution in [0.15, 0.2) is 36.5 Å². The molecule has 1 aromatic carbocycles. The number of nitrogens with one attached hydrogen (secondary N) is 1. The topological polar surface area (TPSA) is 74.6 Å². The van der Waals surface area contributed by atoms with Crippen molar-refractivity contribution in [2.24, 2.45) is 0 Å². The monoisotopic (exact) mass is 423 g/mol. The van der Waals surface area contributed by atoms with E-state index >= 15 is 0 Å². The second kappa shape index (κ2) is 7.70. The quantitative estimate of drug-likeness (QED) is 0.753. The Hall–Kier alpha value is -2.97. The third-order valence-corrected chi connectivity index (χ3v) is 5.22. The van der Waals surface area contributed by atoms with Gasteiger partial charge in [-0.15, -0.1) is 0 Å². The molecule has 1 aliphatic heterocycles. The Morgan fingerprint density at radius 3 is 2.53 bits per heavy atom. The van der Waals surface area contributed by atoms with Gasteiger partial charge in [-0.3, -0.25) is 4.79 Å². The Morgan fingerprint density at radius 1 is 1.23 bits per heavy atom. The van der Waals surface area contributed by atoms with Crippen LogP contribution in [-0.4, -0.2) is 45.2 Å². The van der Waals surface area contributed by atoms with Gasteiger partial charge in [-0.05, 0) is 51.0 Å². The van der Waals surface area contributed by atoms with Crippen molar-refractivity contribution in [3.05, 3.63) is 47.8 Å². The third-order valence-electron chi connectivity index (χ3n) is 5.22. The molecule has 0 aliphatic carbocycles. The second-order valence-electron chi connectivity index (χ2n) is 8.36. The minimum absolute atomic E-state index is 0.207. The average Bonchev–Trinajstić information content (AvgIpc) is 3.08. The van der Waals surface area contributed by atoms with E-state index in [1.54, 1.807) is 43.7 Å². The first-order chi connectivity index (χ1) is 13.9. The molecule has 0 radical (unpaired) electrons. The number of amides is 2. The van der Waals surface area contributed by atoms with Gasteiger partial charge in [0.15, 0.2) is 0 Å². The first-order valence-corrected chi connectivity index (χ1v) is 9.56. The molecule has 1 atom stereocenters. The number of carbonyl (C=O) groups is 2. The van der Waals surface area contributed by atoms with Crippen LogP contribution < -0.4 is 5.32 Å². The lowest BCUT2D eigenvalue weighted by molar-refractivity contribution is -0.137. The largest absolute Gasteiger partial charge is 0.465 e. The van der Waals surface area contributed by atoms with Gasteiger partial charge in [-0.1, -0.05) is 12.1 Å². The lowest BCUT2D eigenvalue weighted by Crippen LogP contribution is -2.47. The summed E-state index contributed by atoms with van der Waals surface area (Å²) in [5.41, 5.74) is -0.125. The molecule has 162 valence electrons. The zero-order valence-electron chi connectivity index (χ0n) is 17.0. The van der Waals surface area contributed by atoms with Crippen molar-refractivity contribution in [1.29, 1.82) is 0 Å². The van der Waals surface area contributed by atoms with Gasteiger partial charge in [0.05, 0.1) is 11.6 Å². The SMILES string of the molecule is CC(C)(C)N(CCC1CNC(=O)c2cc(-c3cccc(C(F)(F)F)c3)cn21)C(=O)O. The fourth-order valence-electron chi connectivity index (χ4n) is 3.63. The summed E-state index contributed by atoms with van der Waals surface area (Å²) in [7, 11) is 0. The second-order valence-corrected chi connectivity index (χ2v) is 8.36. The van der Waals surface area contributed by atoms with E-state index in [2.05, 4.69) is 5.32 Å². The van der Waals surface area contributed by atoms with Crippen molar-refractivity contribution in [1.82, 2.24) is 14.8 Å². The highest BCUT2D eigenvalue weighted by Crippen LogP contribution is 2.34. The number of hydrogen-bond donors (Lipinski definition) is 2. The highest BCUT2D eigenvalue weighted by atomic mass is 19.4. The van der Waals surface area contributed by atoms with E-state index in [-0.39, 0.29) is 18.5 Å². The van der Waals surface area contributed by atoms with Gasteiger partial charge < -0.3 is 19.9 Å². The number of carbonyl (C=O) groups excluding carboxylic acids is 1. The van der Waals surface area contributed by atoms with Crippen molar-refractivity contribution in [2.75, 3.05) is 13.1 Å². The number of benzene rings is 1. The summed E-state index contributed by atoms with van der Waals surface area (Å²) >= 11 is 0. The molecule has 1 aliphatic rings. The summed E-state index contributed by atoms with van der Waals surface area (Å²) in [5, 5.41) is 12.3. The van der Waals surface area contributed by atoms with Gasteiger partial charge in [0.2, 0.25) is 0 Å². The highest BCUT2D eigenvalue weighted by molar-refractivity contribution is 5.95. The fourth-order valence-corrected chi connectivity index (χ4v) is 3.63. The summed E-state index contributed by atoms with van der Waals surface area (Å²) < 4.78 is 40.9. The van der Waals surface area contributed by atoms with Gasteiger partial charge in [0.1, 0.15) is 5.69 Å². The van der Waals surface area contributed by atoms with Crippen molar-refractivity contribution in [3.63, 3.8) is 0 Å². The molecule has 3 rings (SSSR count). The van der Waals surface area contributed by atoms with Gasteiger partial charge in [0, 0.05) is 30.4 Å². The van der Waals surface area contributed by atoms with Gasteiger partial charge in [-0.2, -0.15) is 13.2 Å². The van der Waals surface area contributed by atoms with E-state index < -0.39 is 23.4 Å². The number of nitrogens with zero attached hydrogens (tertiary/aromatic N) is 2. The highest BCUT2D eigenvalue weighted by Gasteiger charge is 2.32. The Kier molecular flexibility index (Phi) is 5.58. The van der Waals surface area contributed by atoms with Crippen LogP contribution in [0.25, 0.3) is 11.1 Å². The maximum atomic E-state index is 13.1. The molecular weight excluding hydrogens is 399 g/mol. The Labute approximate surface area is 172 Å². The molecule has 1 unspecified atom stereocenters. The number of hydrogen-bond acceptors (Lipinski definition) is 2. The molecule has 9 heteroatoms. The van der Waals surface area contributed by atoms with E-state index in [0.717, 1.165) is 12.1 Å². The number of fused-ring (bicyclic) bond motifs is 1.